The van der Waals surface area contributed by atoms with Crippen LogP contribution in [0.15, 0.2) is 30.5 Å². The first-order chi connectivity index (χ1) is 17.2. The minimum absolute atomic E-state index is 0.122. The van der Waals surface area contributed by atoms with Crippen molar-refractivity contribution in [3.8, 4) is 22.3 Å². The van der Waals surface area contributed by atoms with Gasteiger partial charge in [-0.2, -0.15) is 21.6 Å². The van der Waals surface area contributed by atoms with Crippen LogP contribution in [-0.4, -0.2) is 30.3 Å². The number of carbonyl (C=O) groups excluding carboxylic acids is 2. The summed E-state index contributed by atoms with van der Waals surface area (Å²) in [5.74, 6) is -1.92. The van der Waals surface area contributed by atoms with Crippen LogP contribution in [0.5, 0.6) is 0 Å². The van der Waals surface area contributed by atoms with E-state index < -0.39 is 40.2 Å². The summed E-state index contributed by atoms with van der Waals surface area (Å²) in [4.78, 5) is 24.9. The number of alkyl halides is 3. The molecule has 1 aliphatic rings. The third-order valence-corrected chi connectivity index (χ3v) is 8.08. The Balaban J connectivity index is 1.74. The molecule has 1 amide bonds. The Hall–Kier alpha value is -3.14. The maximum Gasteiger partial charge on any atom is 0.516 e. The summed E-state index contributed by atoms with van der Waals surface area (Å²) in [6.45, 7) is 14.6. The zero-order valence-corrected chi connectivity index (χ0v) is 23.2. The monoisotopic (exact) mass is 548 g/mol. The molecule has 0 fully saturated rings. The van der Waals surface area contributed by atoms with Crippen LogP contribution in [0.2, 0.25) is 0 Å². The van der Waals surface area contributed by atoms with Crippen LogP contribution >= 0.6 is 0 Å². The van der Waals surface area contributed by atoms with Gasteiger partial charge in [0.2, 0.25) is 11.8 Å². The van der Waals surface area contributed by atoms with Gasteiger partial charge in [0.15, 0.2) is 0 Å². The van der Waals surface area contributed by atoms with E-state index in [0.29, 0.717) is 5.69 Å². The number of benzene rings is 2. The quantitative estimate of drug-likeness (QED) is 0.312. The molecule has 0 bridgehead atoms. The lowest BCUT2D eigenvalue weighted by molar-refractivity contribution is -0.120. The predicted molar refractivity (Wildman–Crippen MR) is 141 cm³/mol. The zero-order chi connectivity index (χ0) is 28.6. The van der Waals surface area contributed by atoms with Gasteiger partial charge in [-0.05, 0) is 62.9 Å². The smallest absolute Gasteiger partial charge is 0.291 e. The highest BCUT2D eigenvalue weighted by Gasteiger charge is 2.47. The van der Waals surface area contributed by atoms with Crippen molar-refractivity contribution in [2.45, 2.75) is 77.6 Å². The van der Waals surface area contributed by atoms with Crippen molar-refractivity contribution in [3.63, 3.8) is 0 Å². The average molecular weight is 549 g/mol. The summed E-state index contributed by atoms with van der Waals surface area (Å²) >= 11 is 0. The second-order valence-electron chi connectivity index (χ2n) is 11.9. The number of halogens is 3. The number of rotatable bonds is 4. The van der Waals surface area contributed by atoms with Gasteiger partial charge in [0.05, 0.1) is 0 Å². The molecule has 204 valence electrons. The van der Waals surface area contributed by atoms with E-state index in [1.165, 1.54) is 4.57 Å². The standard InChI is InChI=1S/C28H31F3N2O4S/c1-15-24-20-13-18(27(5,6)7)11-16-10-17(26(2,3)4)12-19(25(16)20)21(24)14-33(15)23(35)9-8-22(34)32-38(36,37)28(29,30)31/h10-14H,8-9H2,1-7H3,(H,32,34). The summed E-state index contributed by atoms with van der Waals surface area (Å²) in [5.41, 5.74) is 0.861. The normalized spacial score (nSPS) is 13.6. The molecule has 38 heavy (non-hydrogen) atoms. The van der Waals surface area contributed by atoms with E-state index in [2.05, 4.69) is 65.8 Å². The van der Waals surface area contributed by atoms with E-state index in [-0.39, 0.29) is 10.8 Å². The lowest BCUT2D eigenvalue weighted by atomic mass is 9.81. The maximum atomic E-state index is 13.1. The second kappa shape index (κ2) is 8.69. The predicted octanol–water partition coefficient (Wildman–Crippen LogP) is 6.58. The van der Waals surface area contributed by atoms with Gasteiger partial charge in [-0.1, -0.05) is 53.7 Å². The number of nitrogens with zero attached hydrogens (tertiary/aromatic N) is 1. The van der Waals surface area contributed by atoms with Crippen LogP contribution in [-0.2, 0) is 25.6 Å². The summed E-state index contributed by atoms with van der Waals surface area (Å²) < 4.78 is 62.4. The van der Waals surface area contributed by atoms with Gasteiger partial charge < -0.3 is 0 Å². The highest BCUT2D eigenvalue weighted by Crippen LogP contribution is 2.52. The van der Waals surface area contributed by atoms with Gasteiger partial charge in [-0.25, -0.2) is 4.72 Å². The van der Waals surface area contributed by atoms with Crippen LogP contribution in [0, 0.1) is 6.92 Å². The minimum Gasteiger partial charge on any atom is -0.291 e. The Labute approximate surface area is 220 Å². The van der Waals surface area contributed by atoms with E-state index >= 15 is 0 Å². The molecule has 1 heterocycles. The Morgan fingerprint density at radius 1 is 0.842 bits per heavy atom. The fourth-order valence-electron chi connectivity index (χ4n) is 4.80. The van der Waals surface area contributed by atoms with E-state index in [1.807, 2.05) is 0 Å². The first-order valence-corrected chi connectivity index (χ1v) is 13.7. The van der Waals surface area contributed by atoms with Crippen molar-refractivity contribution >= 4 is 32.6 Å². The summed E-state index contributed by atoms with van der Waals surface area (Å²) in [6.07, 6.45) is 0.542. The molecule has 0 spiro atoms. The van der Waals surface area contributed by atoms with E-state index in [0.717, 1.165) is 48.9 Å². The van der Waals surface area contributed by atoms with Crippen molar-refractivity contribution in [2.24, 2.45) is 0 Å². The SMILES string of the molecule is Cc1c2c(cn1C(=O)CCC(=O)NS(=O)(=O)C(F)(F)F)-c1cc(C(C)(C)C)cc3cc(C(C)(C)C)cc-2c13. The Morgan fingerprint density at radius 2 is 1.37 bits per heavy atom. The third-order valence-electron chi connectivity index (χ3n) is 6.98. The van der Waals surface area contributed by atoms with E-state index in [1.54, 1.807) is 13.1 Å². The number of carbonyl (C=O) groups is 2. The molecule has 0 aliphatic heterocycles. The first-order valence-electron chi connectivity index (χ1n) is 12.2. The fourth-order valence-corrected chi connectivity index (χ4v) is 5.32. The molecule has 0 radical (unpaired) electrons. The third kappa shape index (κ3) is 4.74. The molecule has 1 N–H and O–H groups in total. The summed E-state index contributed by atoms with van der Waals surface area (Å²) in [5, 5.41) is 2.22. The van der Waals surface area contributed by atoms with Crippen LogP contribution in [0.4, 0.5) is 13.2 Å². The van der Waals surface area contributed by atoms with Gasteiger partial charge in [0.25, 0.3) is 0 Å². The Bertz CT molecular complexity index is 1600. The molecular weight excluding hydrogens is 517 g/mol. The highest BCUT2D eigenvalue weighted by atomic mass is 32.2. The molecule has 1 aromatic heterocycles. The number of sulfonamides is 1. The highest BCUT2D eigenvalue weighted by molar-refractivity contribution is 7.90. The number of nitrogens with one attached hydrogen (secondary N) is 1. The molecule has 4 rings (SSSR count). The number of hydrogen-bond donors (Lipinski definition) is 1. The van der Waals surface area contributed by atoms with Crippen LogP contribution < -0.4 is 4.72 Å². The first kappa shape index (κ1) is 27.9. The number of hydrogen-bond acceptors (Lipinski definition) is 4. The molecule has 1 aliphatic carbocycles. The van der Waals surface area contributed by atoms with Gasteiger partial charge in [0, 0.05) is 35.9 Å². The van der Waals surface area contributed by atoms with Gasteiger partial charge in [-0.15, -0.1) is 0 Å². The van der Waals surface area contributed by atoms with Crippen molar-refractivity contribution < 1.29 is 31.2 Å². The molecule has 0 saturated heterocycles. The molecular formula is C28H31F3N2O4S. The van der Waals surface area contributed by atoms with Crippen molar-refractivity contribution in [2.75, 3.05) is 0 Å². The lowest BCUT2D eigenvalue weighted by Crippen LogP contribution is -2.40. The van der Waals surface area contributed by atoms with Crippen molar-refractivity contribution in [1.82, 2.24) is 9.29 Å². The maximum absolute atomic E-state index is 13.1. The molecule has 0 atom stereocenters. The summed E-state index contributed by atoms with van der Waals surface area (Å²) in [7, 11) is -5.82. The van der Waals surface area contributed by atoms with E-state index in [9.17, 15) is 31.2 Å². The average Bonchev–Trinajstić information content (AvgIpc) is 3.26. The Kier molecular flexibility index (Phi) is 6.38. The van der Waals surface area contributed by atoms with Crippen LogP contribution in [0.25, 0.3) is 33.0 Å². The number of amides is 1. The van der Waals surface area contributed by atoms with Crippen molar-refractivity contribution in [3.05, 3.63) is 47.3 Å². The number of fused-ring (bicyclic) bond motifs is 3. The van der Waals surface area contributed by atoms with Crippen LogP contribution in [0.1, 0.15) is 76.0 Å². The van der Waals surface area contributed by atoms with Crippen LogP contribution in [0.3, 0.4) is 0 Å². The van der Waals surface area contributed by atoms with Crippen molar-refractivity contribution in [1.29, 1.82) is 0 Å². The van der Waals surface area contributed by atoms with Gasteiger partial charge in [-0.3, -0.25) is 14.2 Å². The number of aromatic nitrogens is 1. The Morgan fingerprint density at radius 3 is 1.87 bits per heavy atom. The minimum atomic E-state index is -5.82. The largest absolute Gasteiger partial charge is 0.516 e. The topological polar surface area (TPSA) is 85.2 Å². The van der Waals surface area contributed by atoms with Gasteiger partial charge >= 0.3 is 15.5 Å². The second-order valence-corrected chi connectivity index (χ2v) is 13.6. The molecule has 6 nitrogen and oxygen atoms in total. The molecule has 2 aromatic carbocycles. The lowest BCUT2D eigenvalue weighted by Gasteiger charge is -2.23. The molecule has 3 aromatic rings. The molecule has 10 heteroatoms. The fraction of sp³-hybridized carbons (Fsp3) is 0.429. The zero-order valence-electron chi connectivity index (χ0n) is 22.4. The summed E-state index contributed by atoms with van der Waals surface area (Å²) in [6, 6.07) is 8.71. The van der Waals surface area contributed by atoms with Gasteiger partial charge in [0.1, 0.15) is 0 Å². The molecule has 0 saturated carbocycles. The van der Waals surface area contributed by atoms with E-state index in [4.69, 9.17) is 0 Å². The molecule has 0 unspecified atom stereocenters.